The van der Waals surface area contributed by atoms with Gasteiger partial charge in [-0.2, -0.15) is 0 Å². The van der Waals surface area contributed by atoms with Gasteiger partial charge < -0.3 is 0 Å². The van der Waals surface area contributed by atoms with E-state index in [0.717, 1.165) is 0 Å². The summed E-state index contributed by atoms with van der Waals surface area (Å²) in [4.78, 5) is 78.2. The van der Waals surface area contributed by atoms with Gasteiger partial charge in [-0.3, -0.25) is 71.3 Å². The van der Waals surface area contributed by atoms with Crippen LogP contribution >= 0.6 is 46.4 Å². The number of nitrogens with zero attached hydrogens (tertiary/aromatic N) is 18. The second kappa shape index (κ2) is 19.4. The third kappa shape index (κ3) is 9.97. The van der Waals surface area contributed by atoms with Gasteiger partial charge in [0.15, 0.2) is 39.6 Å². The maximum Gasteiger partial charge on any atom is 0.723 e. The summed E-state index contributed by atoms with van der Waals surface area (Å²) in [7, 11) is 0. The molecule has 0 saturated heterocycles. The molecule has 3 rings (SSSR count). The number of hydrogen-bond donors (Lipinski definition) is 2. The first-order valence-corrected chi connectivity index (χ1v) is 14.1. The van der Waals surface area contributed by atoms with E-state index in [4.69, 9.17) is 46.4 Å². The summed E-state index contributed by atoms with van der Waals surface area (Å²) in [5.41, 5.74) is 0. The first-order valence-electron chi connectivity index (χ1n) is 11.9. The molecule has 0 bridgehead atoms. The van der Waals surface area contributed by atoms with Gasteiger partial charge >= 0.3 is 24.7 Å². The average Bonchev–Trinajstić information content (AvgIpc) is 3.72. The predicted octanol–water partition coefficient (Wildman–Crippen LogP) is -0.673. The van der Waals surface area contributed by atoms with Gasteiger partial charge in [0.1, 0.15) is 0 Å². The number of nitrogens with one attached hydrogen (secondary N) is 2. The van der Waals surface area contributed by atoms with E-state index in [9.17, 15) is 80.9 Å². The van der Waals surface area contributed by atoms with Gasteiger partial charge in [0.05, 0.1) is 10.7 Å². The number of nitro groups is 8. The van der Waals surface area contributed by atoms with Crippen LogP contribution in [0.25, 0.3) is 0 Å². The molecule has 38 nitrogen and oxygen atoms in total. The number of hydrazine groups is 2. The average molecular weight is 864 g/mol. The molecule has 0 aliphatic heterocycles. The van der Waals surface area contributed by atoms with Gasteiger partial charge in [-0.15, -0.1) is 66.8 Å². The third-order valence-corrected chi connectivity index (χ3v) is 5.24. The second-order valence-electron chi connectivity index (χ2n) is 8.05. The van der Waals surface area contributed by atoms with E-state index in [0.29, 0.717) is 0 Å². The topological polar surface area (TPSA) is 505 Å². The summed E-state index contributed by atoms with van der Waals surface area (Å²) in [6.07, 6.45) is 0. The van der Waals surface area contributed by atoms with Gasteiger partial charge in [0.2, 0.25) is 11.6 Å². The standard InChI is InChI=1S/C10H6N20O18.2CH2Cl2/c31-23(32)9(24(33)34,25(35)36)1-21(29(43)44)5-3(17-47-19-5)11-7-13-15-8(16-14-7)12-4-6(20-48-18-4)22(30(45)46)2-10(26(37)38,27(39)40)28(41)42;2*2-1-3/h1-2H2,(H,11,13,14,17)(H,12,15,16,18);2*1H2. The molecule has 0 fully saturated rings. The molecule has 2 N–H and O–H groups in total. The van der Waals surface area contributed by atoms with Crippen molar-refractivity contribution in [2.24, 2.45) is 0 Å². The number of rotatable bonds is 18. The number of hydrogen-bond acceptors (Lipinski definition) is 28. The molecule has 0 radical (unpaired) electrons. The highest BCUT2D eigenvalue weighted by Crippen LogP contribution is 2.28. The molecule has 0 unspecified atom stereocenters. The van der Waals surface area contributed by atoms with Crippen molar-refractivity contribution in [2.45, 2.75) is 11.6 Å². The van der Waals surface area contributed by atoms with Crippen molar-refractivity contribution in [2.75, 3.05) is 44.4 Å². The second-order valence-corrected chi connectivity index (χ2v) is 9.67. The van der Waals surface area contributed by atoms with E-state index in [2.05, 4.69) is 50.3 Å². The van der Waals surface area contributed by atoms with Crippen LogP contribution in [0.4, 0.5) is 35.2 Å². The molecular formula is C12H10Cl4N20O18. The van der Waals surface area contributed by atoms with E-state index in [-0.39, 0.29) is 10.7 Å². The normalized spacial score (nSPS) is 10.6. The molecule has 0 spiro atoms. The van der Waals surface area contributed by atoms with Crippen molar-refractivity contribution >= 4 is 81.6 Å². The zero-order valence-corrected chi connectivity index (χ0v) is 27.8. The fourth-order valence-electron chi connectivity index (χ4n) is 2.97. The van der Waals surface area contributed by atoms with Crippen molar-refractivity contribution < 1.29 is 48.9 Å². The van der Waals surface area contributed by atoms with E-state index < -0.39 is 109 Å². The number of halogens is 4. The molecule has 3 heterocycles. The van der Waals surface area contributed by atoms with Crippen molar-refractivity contribution in [3.05, 3.63) is 80.9 Å². The quantitative estimate of drug-likeness (QED) is 0.0692. The summed E-state index contributed by atoms with van der Waals surface area (Å²) >= 11 is 19.1. The maximum absolute atomic E-state index is 11.5. The van der Waals surface area contributed by atoms with E-state index >= 15 is 0 Å². The van der Waals surface area contributed by atoms with Crippen LogP contribution in [0.15, 0.2) is 9.26 Å². The van der Waals surface area contributed by atoms with Crippen LogP contribution in [-0.4, -0.2) is 116 Å². The van der Waals surface area contributed by atoms with Crippen LogP contribution in [0.3, 0.4) is 0 Å². The van der Waals surface area contributed by atoms with E-state index in [1.807, 2.05) is 10.6 Å². The maximum atomic E-state index is 11.5. The Bertz CT molecular complexity index is 1660. The lowest BCUT2D eigenvalue weighted by molar-refractivity contribution is -0.968. The van der Waals surface area contributed by atoms with Gasteiger partial charge in [0.25, 0.3) is 23.5 Å². The fraction of sp³-hybridized carbons (Fsp3) is 0.500. The minimum absolute atomic E-state index is 0.194. The lowest BCUT2D eigenvalue weighted by atomic mass is 10.3. The Kier molecular flexibility index (Phi) is 16.1. The van der Waals surface area contributed by atoms with Gasteiger partial charge in [-0.05, 0) is 30.6 Å². The molecule has 0 aliphatic rings. The van der Waals surface area contributed by atoms with Gasteiger partial charge in [-0.1, -0.05) is 0 Å². The minimum Gasteiger partial charge on any atom is -0.300 e. The summed E-state index contributed by atoms with van der Waals surface area (Å²) in [5, 5.41) is 116. The molecule has 0 atom stereocenters. The van der Waals surface area contributed by atoms with Crippen molar-refractivity contribution in [1.29, 1.82) is 0 Å². The predicted molar refractivity (Wildman–Crippen MR) is 162 cm³/mol. The third-order valence-electron chi connectivity index (χ3n) is 5.24. The molecule has 0 aromatic carbocycles. The van der Waals surface area contributed by atoms with Crippen LogP contribution in [0.1, 0.15) is 0 Å². The Balaban J connectivity index is 0.00000227. The Morgan fingerprint density at radius 1 is 0.500 bits per heavy atom. The van der Waals surface area contributed by atoms with Crippen LogP contribution < -0.4 is 20.7 Å². The number of aromatic nitrogens is 8. The van der Waals surface area contributed by atoms with E-state index in [1.165, 1.54) is 0 Å². The molecular weight excluding hydrogens is 854 g/mol. The Labute approximate surface area is 308 Å². The molecule has 3 aromatic rings. The summed E-state index contributed by atoms with van der Waals surface area (Å²) in [6.45, 7) is -4.34. The Hall–Kier alpha value is -7.22. The van der Waals surface area contributed by atoms with Crippen molar-refractivity contribution in [3.63, 3.8) is 0 Å². The van der Waals surface area contributed by atoms with Crippen LogP contribution in [0.5, 0.6) is 0 Å². The molecule has 294 valence electrons. The minimum atomic E-state index is -4.38. The van der Waals surface area contributed by atoms with Gasteiger partial charge in [0, 0.05) is 0 Å². The molecule has 54 heavy (non-hydrogen) atoms. The number of alkyl halides is 4. The highest BCUT2D eigenvalue weighted by atomic mass is 35.5. The first kappa shape index (κ1) is 44.8. The SMILES string of the molecule is ClCCl.ClCCl.O=[N+]([O-])N(CC([N+](=O)[O-])([N+](=O)[O-])[N+](=O)[O-])c1nonc1Nc1nnc(Nc2nonc2N(CC([N+](=O)[O-])([N+](=O)[O-])[N+](=O)[O-])[N+](=O)[O-])nn1. The zero-order valence-electron chi connectivity index (χ0n) is 24.7. The molecule has 42 heteroatoms. The van der Waals surface area contributed by atoms with Gasteiger partial charge in [-0.25, -0.2) is 29.5 Å². The van der Waals surface area contributed by atoms with Crippen molar-refractivity contribution in [3.8, 4) is 0 Å². The smallest absolute Gasteiger partial charge is 0.300 e. The first-order chi connectivity index (χ1) is 25.2. The zero-order chi connectivity index (χ0) is 41.6. The monoisotopic (exact) mass is 862 g/mol. The van der Waals surface area contributed by atoms with E-state index in [1.54, 1.807) is 0 Å². The lowest BCUT2D eigenvalue weighted by Crippen LogP contribution is -2.61. The van der Waals surface area contributed by atoms with Crippen LogP contribution in [0.2, 0.25) is 0 Å². The largest absolute Gasteiger partial charge is 0.723 e. The highest BCUT2D eigenvalue weighted by molar-refractivity contribution is 6.41. The molecule has 0 saturated carbocycles. The molecule has 3 aromatic heterocycles. The van der Waals surface area contributed by atoms with Crippen LogP contribution in [-0.2, 0) is 0 Å². The summed E-state index contributed by atoms with van der Waals surface area (Å²) < 4.78 is 8.47. The number of anilines is 6. The highest BCUT2D eigenvalue weighted by Gasteiger charge is 2.75. The summed E-state index contributed by atoms with van der Waals surface area (Å²) in [6, 6.07) is 0. The van der Waals surface area contributed by atoms with Crippen molar-refractivity contribution in [1.82, 2.24) is 41.0 Å². The Morgan fingerprint density at radius 3 is 0.944 bits per heavy atom. The fourth-order valence-corrected chi connectivity index (χ4v) is 2.97. The lowest BCUT2D eigenvalue weighted by Gasteiger charge is -2.14. The molecule has 0 aliphatic carbocycles. The molecule has 0 amide bonds. The summed E-state index contributed by atoms with van der Waals surface area (Å²) in [5.74, 6) is -14.7. The van der Waals surface area contributed by atoms with Crippen LogP contribution in [0, 0.1) is 80.9 Å². The Morgan fingerprint density at radius 2 is 0.741 bits per heavy atom.